The molecule has 0 bridgehead atoms. The zero-order chi connectivity index (χ0) is 9.56. The van der Waals surface area contributed by atoms with Crippen LogP contribution in [-0.4, -0.2) is 24.6 Å². The molecule has 1 aliphatic heterocycles. The van der Waals surface area contributed by atoms with E-state index in [-0.39, 0.29) is 4.70 Å². The molecule has 1 saturated heterocycles. The molecule has 0 saturated carbocycles. The Morgan fingerprint density at radius 1 is 1.00 bits per heavy atom. The molecule has 0 aromatic rings. The Kier molecular flexibility index (Phi) is 9.87. The van der Waals surface area contributed by atoms with Crippen LogP contribution in [0.2, 0.25) is 0 Å². The number of hydrogen-bond donors (Lipinski definition) is 0. The van der Waals surface area contributed by atoms with Gasteiger partial charge in [0.15, 0.2) is 13.1 Å². The van der Waals surface area contributed by atoms with E-state index in [1.165, 1.54) is 3.95 Å². The molecule has 9 heteroatoms. The molecule has 0 atom stereocenters. The highest BCUT2D eigenvalue weighted by Gasteiger charge is 2.17. The van der Waals surface area contributed by atoms with Gasteiger partial charge in [-0.05, 0) is 0 Å². The summed E-state index contributed by atoms with van der Waals surface area (Å²) in [6, 6.07) is 0. The van der Waals surface area contributed by atoms with E-state index >= 15 is 0 Å². The van der Waals surface area contributed by atoms with Gasteiger partial charge in [0.05, 0.1) is 0 Å². The Balaban J connectivity index is 0. The maximum absolute atomic E-state index is 11.7. The van der Waals surface area contributed by atoms with Crippen molar-refractivity contribution in [2.24, 2.45) is 0 Å². The Morgan fingerprint density at radius 3 is 1.46 bits per heavy atom. The lowest BCUT2D eigenvalue weighted by Gasteiger charge is -1.83. The SMILES string of the molecule is FB(F)F.FS(F)=[N+]1CCCC1.[F-]. The Bertz CT molecular complexity index is 150. The number of hydrogen-bond acceptors (Lipinski definition) is 0. The normalized spacial score (nSPS) is 14.8. The summed E-state index contributed by atoms with van der Waals surface area (Å²) in [5.74, 6) is 0. The fraction of sp³-hybridized carbons (Fsp3) is 1.00. The topological polar surface area (TPSA) is 3.01 Å². The third kappa shape index (κ3) is 9.71. The van der Waals surface area contributed by atoms with Crippen molar-refractivity contribution in [2.45, 2.75) is 12.8 Å². The quantitative estimate of drug-likeness (QED) is 0.291. The van der Waals surface area contributed by atoms with Crippen LogP contribution in [0.5, 0.6) is 0 Å². The van der Waals surface area contributed by atoms with E-state index in [4.69, 9.17) is 0 Å². The Hall–Kier alpha value is -0.205. The van der Waals surface area contributed by atoms with Crippen LogP contribution in [-0.2, 0) is 11.5 Å². The predicted octanol–water partition coefficient (Wildman–Crippen LogP) is -0.753. The van der Waals surface area contributed by atoms with Crippen LogP contribution in [0.4, 0.5) is 20.7 Å². The van der Waals surface area contributed by atoms with Gasteiger partial charge in [-0.2, -0.15) is 3.95 Å². The molecular formula is C4H8BF6NS. The van der Waals surface area contributed by atoms with Crippen LogP contribution in [0.15, 0.2) is 0 Å². The van der Waals surface area contributed by atoms with Crippen molar-refractivity contribution in [3.05, 3.63) is 0 Å². The molecule has 80 valence electrons. The van der Waals surface area contributed by atoms with Crippen LogP contribution in [0.1, 0.15) is 12.8 Å². The molecule has 0 aliphatic carbocycles. The highest BCUT2D eigenvalue weighted by Crippen LogP contribution is 2.05. The van der Waals surface area contributed by atoms with Crippen molar-refractivity contribution >= 4 is 19.0 Å². The average Bonchev–Trinajstić information content (AvgIpc) is 2.34. The first-order valence-electron chi connectivity index (χ1n) is 3.28. The molecule has 0 radical (unpaired) electrons. The van der Waals surface area contributed by atoms with Gasteiger partial charge >= 0.3 is 19.0 Å². The lowest BCUT2D eigenvalue weighted by Crippen LogP contribution is -3.00. The van der Waals surface area contributed by atoms with Gasteiger partial charge < -0.3 is 4.70 Å². The van der Waals surface area contributed by atoms with Gasteiger partial charge in [0.1, 0.15) is 0 Å². The molecule has 1 rings (SSSR count). The van der Waals surface area contributed by atoms with Gasteiger partial charge in [-0.3, -0.25) is 12.9 Å². The summed E-state index contributed by atoms with van der Waals surface area (Å²) >= 11 is -2.46. The first kappa shape index (κ1) is 15.3. The Morgan fingerprint density at radius 2 is 1.31 bits per heavy atom. The fourth-order valence-corrected chi connectivity index (χ4v) is 1.36. The minimum absolute atomic E-state index is 0. The number of nitrogens with zero attached hydrogens (tertiary/aromatic N) is 1. The summed E-state index contributed by atoms with van der Waals surface area (Å²) in [6.07, 6.45) is 1.88. The summed E-state index contributed by atoms with van der Waals surface area (Å²) in [7, 11) is -3.67. The summed E-state index contributed by atoms with van der Waals surface area (Å²) < 4.78 is 53.6. The molecule has 1 heterocycles. The maximum atomic E-state index is 11.7. The van der Waals surface area contributed by atoms with Gasteiger partial charge in [-0.25, -0.2) is 0 Å². The Labute approximate surface area is 75.2 Å². The largest absolute Gasteiger partial charge is 1.00 e. The maximum Gasteiger partial charge on any atom is 0.762 e. The highest BCUT2D eigenvalue weighted by molar-refractivity contribution is 7.74. The summed E-state index contributed by atoms with van der Waals surface area (Å²) in [5.41, 5.74) is 0. The highest BCUT2D eigenvalue weighted by atomic mass is 32.2. The monoisotopic (exact) mass is 227 g/mol. The van der Waals surface area contributed by atoms with Gasteiger partial charge in [0, 0.05) is 12.8 Å². The standard InChI is InChI=1S/C4H8F2NS.BF3.FH/c5-8(6)7-3-1-2-4-7;2-1(3)4;/h1-4H2;;1H/q+1;;/p-1. The first-order valence-corrected chi connectivity index (χ1v) is 4.26. The van der Waals surface area contributed by atoms with Crippen LogP contribution in [0.25, 0.3) is 0 Å². The number of halogens is 6. The zero-order valence-electron chi connectivity index (χ0n) is 6.53. The van der Waals surface area contributed by atoms with E-state index in [0.717, 1.165) is 12.8 Å². The van der Waals surface area contributed by atoms with E-state index < -0.39 is 19.0 Å². The lowest BCUT2D eigenvalue weighted by molar-refractivity contribution is -0.484. The smallest absolute Gasteiger partial charge is 0.762 e. The second-order valence-corrected chi connectivity index (χ2v) is 2.99. The fourth-order valence-electron chi connectivity index (χ4n) is 0.826. The van der Waals surface area contributed by atoms with E-state index in [2.05, 4.69) is 0 Å². The van der Waals surface area contributed by atoms with Crippen LogP contribution in [0.3, 0.4) is 0 Å². The van der Waals surface area contributed by atoms with Gasteiger partial charge in [0.2, 0.25) is 0 Å². The van der Waals surface area contributed by atoms with Crippen LogP contribution in [0, 0.1) is 0 Å². The van der Waals surface area contributed by atoms with Crippen molar-refractivity contribution in [1.82, 2.24) is 0 Å². The predicted molar refractivity (Wildman–Crippen MR) is 37.9 cm³/mol. The third-order valence-corrected chi connectivity index (χ3v) is 2.02. The van der Waals surface area contributed by atoms with Gasteiger partial charge in [0.25, 0.3) is 0 Å². The van der Waals surface area contributed by atoms with Crippen molar-refractivity contribution in [1.29, 1.82) is 0 Å². The third-order valence-electron chi connectivity index (χ3n) is 1.26. The molecule has 0 N–H and O–H groups in total. The van der Waals surface area contributed by atoms with Gasteiger partial charge in [-0.15, -0.1) is 0 Å². The molecule has 0 unspecified atom stereocenters. The van der Waals surface area contributed by atoms with Crippen molar-refractivity contribution in [3.8, 4) is 0 Å². The van der Waals surface area contributed by atoms with Crippen molar-refractivity contribution < 1.29 is 29.4 Å². The average molecular weight is 227 g/mol. The summed E-state index contributed by atoms with van der Waals surface area (Å²) in [6.45, 7) is 1.19. The molecule has 0 aromatic heterocycles. The summed E-state index contributed by atoms with van der Waals surface area (Å²) in [5, 5.41) is 0. The molecular weight excluding hydrogens is 219 g/mol. The minimum atomic E-state index is -3.67. The number of rotatable bonds is 0. The summed E-state index contributed by atoms with van der Waals surface area (Å²) in [4.78, 5) is 0. The van der Waals surface area contributed by atoms with Crippen LogP contribution >= 0.6 is 0 Å². The minimum Gasteiger partial charge on any atom is -1.00 e. The van der Waals surface area contributed by atoms with Crippen molar-refractivity contribution in [3.63, 3.8) is 0 Å². The van der Waals surface area contributed by atoms with Crippen LogP contribution < -0.4 is 4.70 Å². The second kappa shape index (κ2) is 8.40. The molecule has 1 nitrogen and oxygen atoms in total. The lowest BCUT2D eigenvalue weighted by atomic mass is 10.4. The molecule has 13 heavy (non-hydrogen) atoms. The molecule has 0 aromatic carbocycles. The molecule has 0 amide bonds. The molecule has 0 spiro atoms. The first-order chi connectivity index (χ1) is 5.54. The molecule has 1 aliphatic rings. The van der Waals surface area contributed by atoms with Crippen molar-refractivity contribution in [2.75, 3.05) is 13.1 Å². The van der Waals surface area contributed by atoms with E-state index in [1.807, 2.05) is 0 Å². The zero-order valence-corrected chi connectivity index (χ0v) is 7.35. The van der Waals surface area contributed by atoms with Gasteiger partial charge in [-0.1, -0.05) is 7.77 Å². The van der Waals surface area contributed by atoms with E-state index in [1.54, 1.807) is 0 Å². The van der Waals surface area contributed by atoms with E-state index in [0.29, 0.717) is 13.1 Å². The van der Waals surface area contributed by atoms with E-state index in [9.17, 15) is 20.7 Å². The second-order valence-electron chi connectivity index (χ2n) is 2.08. The molecule has 1 fully saturated rings.